The Labute approximate surface area is 144 Å². The molecule has 0 aliphatic heterocycles. The SMILES string of the molecule is COC(=O)CC(=O)N(N=Cc1ccccc1)c1ccccc1C(=O)O. The maximum Gasteiger partial charge on any atom is 0.337 e. The van der Waals surface area contributed by atoms with Crippen LogP contribution in [0.3, 0.4) is 0 Å². The van der Waals surface area contributed by atoms with Crippen LogP contribution in [0.4, 0.5) is 5.69 Å². The van der Waals surface area contributed by atoms with E-state index in [1.54, 1.807) is 30.3 Å². The third kappa shape index (κ3) is 4.74. The van der Waals surface area contributed by atoms with Gasteiger partial charge in [0.15, 0.2) is 0 Å². The van der Waals surface area contributed by atoms with Gasteiger partial charge in [-0.15, -0.1) is 0 Å². The van der Waals surface area contributed by atoms with Gasteiger partial charge in [0.05, 0.1) is 24.6 Å². The molecule has 0 fully saturated rings. The smallest absolute Gasteiger partial charge is 0.337 e. The molecule has 0 bridgehead atoms. The molecule has 2 aromatic carbocycles. The number of para-hydroxylation sites is 1. The van der Waals surface area contributed by atoms with Crippen molar-refractivity contribution < 1.29 is 24.2 Å². The molecule has 1 N–H and O–H groups in total. The van der Waals surface area contributed by atoms with Crippen molar-refractivity contribution >= 4 is 29.7 Å². The molecule has 7 nitrogen and oxygen atoms in total. The topological polar surface area (TPSA) is 96.3 Å². The Kier molecular flexibility index (Phi) is 6.00. The molecule has 0 aliphatic rings. The minimum absolute atomic E-state index is 0.0658. The van der Waals surface area contributed by atoms with E-state index in [0.29, 0.717) is 5.56 Å². The van der Waals surface area contributed by atoms with Crippen LogP contribution in [0.15, 0.2) is 59.7 Å². The van der Waals surface area contributed by atoms with Crippen LogP contribution in [0.2, 0.25) is 0 Å². The van der Waals surface area contributed by atoms with Crippen LogP contribution in [0.5, 0.6) is 0 Å². The van der Waals surface area contributed by atoms with Gasteiger partial charge in [-0.1, -0.05) is 42.5 Å². The Morgan fingerprint density at radius 3 is 2.36 bits per heavy atom. The quantitative estimate of drug-likeness (QED) is 0.377. The monoisotopic (exact) mass is 340 g/mol. The fourth-order valence-electron chi connectivity index (χ4n) is 2.03. The van der Waals surface area contributed by atoms with Crippen LogP contribution in [-0.2, 0) is 14.3 Å². The summed E-state index contributed by atoms with van der Waals surface area (Å²) < 4.78 is 4.49. The maximum atomic E-state index is 12.4. The van der Waals surface area contributed by atoms with E-state index >= 15 is 0 Å². The number of carboxylic acids is 1. The molecule has 0 saturated carbocycles. The van der Waals surface area contributed by atoms with Gasteiger partial charge in [0.2, 0.25) is 0 Å². The van der Waals surface area contributed by atoms with E-state index in [1.165, 1.54) is 31.5 Å². The second-order valence-corrected chi connectivity index (χ2v) is 4.94. The first-order valence-electron chi connectivity index (χ1n) is 7.34. The van der Waals surface area contributed by atoms with Crippen molar-refractivity contribution in [2.24, 2.45) is 5.10 Å². The van der Waals surface area contributed by atoms with Crippen molar-refractivity contribution in [3.8, 4) is 0 Å². The molecule has 0 aliphatic carbocycles. The van der Waals surface area contributed by atoms with Gasteiger partial charge >= 0.3 is 11.9 Å². The number of hydrogen-bond donors (Lipinski definition) is 1. The summed E-state index contributed by atoms with van der Waals surface area (Å²) >= 11 is 0. The van der Waals surface area contributed by atoms with Crippen molar-refractivity contribution in [1.82, 2.24) is 0 Å². The van der Waals surface area contributed by atoms with Crippen LogP contribution in [-0.4, -0.2) is 36.3 Å². The molecule has 0 aromatic heterocycles. The highest BCUT2D eigenvalue weighted by atomic mass is 16.5. The van der Waals surface area contributed by atoms with Gasteiger partial charge in [-0.05, 0) is 17.7 Å². The number of anilines is 1. The Balaban J connectivity index is 2.42. The predicted molar refractivity (Wildman–Crippen MR) is 91.6 cm³/mol. The number of rotatable bonds is 6. The zero-order chi connectivity index (χ0) is 18.2. The fraction of sp³-hybridized carbons (Fsp3) is 0.111. The van der Waals surface area contributed by atoms with Crippen molar-refractivity contribution in [1.29, 1.82) is 0 Å². The van der Waals surface area contributed by atoms with Crippen molar-refractivity contribution in [2.45, 2.75) is 6.42 Å². The molecule has 0 radical (unpaired) electrons. The number of nitrogens with zero attached hydrogens (tertiary/aromatic N) is 2. The Morgan fingerprint density at radius 2 is 1.72 bits per heavy atom. The molecule has 1 amide bonds. The molecule has 128 valence electrons. The summed E-state index contributed by atoms with van der Waals surface area (Å²) in [5.74, 6) is -2.65. The number of carbonyl (C=O) groups is 3. The zero-order valence-corrected chi connectivity index (χ0v) is 13.5. The molecule has 7 heteroatoms. The number of hydrazone groups is 1. The van der Waals surface area contributed by atoms with Crippen LogP contribution >= 0.6 is 0 Å². The molecule has 0 atom stereocenters. The average Bonchev–Trinajstić information content (AvgIpc) is 2.62. The second kappa shape index (κ2) is 8.39. The normalized spacial score (nSPS) is 10.4. The van der Waals surface area contributed by atoms with E-state index in [-0.39, 0.29) is 11.3 Å². The summed E-state index contributed by atoms with van der Waals surface area (Å²) in [7, 11) is 1.17. The van der Waals surface area contributed by atoms with E-state index in [4.69, 9.17) is 0 Å². The summed E-state index contributed by atoms with van der Waals surface area (Å²) in [5, 5.41) is 14.3. The molecule has 0 saturated heterocycles. The number of aromatic carboxylic acids is 1. The lowest BCUT2D eigenvalue weighted by Gasteiger charge is -2.18. The minimum Gasteiger partial charge on any atom is -0.478 e. The highest BCUT2D eigenvalue weighted by Gasteiger charge is 2.23. The zero-order valence-electron chi connectivity index (χ0n) is 13.5. The summed E-state index contributed by atoms with van der Waals surface area (Å²) in [4.78, 5) is 35.3. The average molecular weight is 340 g/mol. The van der Waals surface area contributed by atoms with Crippen molar-refractivity contribution in [2.75, 3.05) is 12.1 Å². The molecule has 25 heavy (non-hydrogen) atoms. The molecule has 2 aromatic rings. The van der Waals surface area contributed by atoms with E-state index < -0.39 is 24.3 Å². The third-order valence-electron chi connectivity index (χ3n) is 3.24. The number of benzene rings is 2. The molecular formula is C18H16N2O5. The summed E-state index contributed by atoms with van der Waals surface area (Å²) in [6.45, 7) is 0. The standard InChI is InChI=1S/C18H16N2O5/c1-25-17(22)11-16(21)20(19-12-13-7-3-2-4-8-13)15-10-6-5-9-14(15)18(23)24/h2-10,12H,11H2,1H3,(H,23,24). The van der Waals surface area contributed by atoms with Crippen LogP contribution in [0.25, 0.3) is 0 Å². The van der Waals surface area contributed by atoms with E-state index in [1.807, 2.05) is 6.07 Å². The van der Waals surface area contributed by atoms with Gasteiger partial charge in [-0.25, -0.2) is 4.79 Å². The lowest BCUT2D eigenvalue weighted by atomic mass is 10.1. The first-order chi connectivity index (χ1) is 12.0. The highest BCUT2D eigenvalue weighted by Crippen LogP contribution is 2.22. The van der Waals surface area contributed by atoms with E-state index in [2.05, 4.69) is 9.84 Å². The van der Waals surface area contributed by atoms with Gasteiger partial charge in [0.25, 0.3) is 5.91 Å². The van der Waals surface area contributed by atoms with Gasteiger partial charge in [-0.3, -0.25) is 9.59 Å². The number of esters is 1. The summed E-state index contributed by atoms with van der Waals surface area (Å²) in [5.41, 5.74) is 0.674. The molecule has 0 heterocycles. The number of amides is 1. The minimum atomic E-state index is -1.21. The fourth-order valence-corrected chi connectivity index (χ4v) is 2.03. The lowest BCUT2D eigenvalue weighted by molar-refractivity contribution is -0.143. The van der Waals surface area contributed by atoms with Crippen molar-refractivity contribution in [3.05, 3.63) is 65.7 Å². The third-order valence-corrected chi connectivity index (χ3v) is 3.24. The van der Waals surface area contributed by atoms with Crippen molar-refractivity contribution in [3.63, 3.8) is 0 Å². The number of carbonyl (C=O) groups excluding carboxylic acids is 2. The summed E-state index contributed by atoms with van der Waals surface area (Å²) in [6, 6.07) is 14.9. The number of hydrogen-bond acceptors (Lipinski definition) is 5. The Morgan fingerprint density at radius 1 is 1.08 bits per heavy atom. The first-order valence-corrected chi connectivity index (χ1v) is 7.34. The van der Waals surface area contributed by atoms with Crippen LogP contribution in [0.1, 0.15) is 22.3 Å². The van der Waals surface area contributed by atoms with Gasteiger partial charge in [-0.2, -0.15) is 10.1 Å². The second-order valence-electron chi connectivity index (χ2n) is 4.94. The highest BCUT2D eigenvalue weighted by molar-refractivity contribution is 6.07. The number of carboxylic acid groups (broad SMARTS) is 1. The largest absolute Gasteiger partial charge is 0.478 e. The van der Waals surface area contributed by atoms with E-state index in [9.17, 15) is 19.5 Å². The molecular weight excluding hydrogens is 324 g/mol. The lowest BCUT2D eigenvalue weighted by Crippen LogP contribution is -2.29. The summed E-state index contributed by atoms with van der Waals surface area (Å²) in [6.07, 6.45) is 0.852. The van der Waals surface area contributed by atoms with E-state index in [0.717, 1.165) is 5.01 Å². The maximum absolute atomic E-state index is 12.4. The molecule has 2 rings (SSSR count). The Bertz CT molecular complexity index is 802. The number of ether oxygens (including phenoxy) is 1. The molecule has 0 unspecified atom stereocenters. The van der Waals surface area contributed by atoms with Gasteiger partial charge in [0.1, 0.15) is 6.42 Å². The van der Waals surface area contributed by atoms with Crippen LogP contribution in [0, 0.1) is 0 Å². The molecule has 0 spiro atoms. The number of methoxy groups -OCH3 is 1. The van der Waals surface area contributed by atoms with Crippen LogP contribution < -0.4 is 5.01 Å². The van der Waals surface area contributed by atoms with Gasteiger partial charge < -0.3 is 9.84 Å². The Hall–Kier alpha value is -3.48. The van der Waals surface area contributed by atoms with Gasteiger partial charge in [0, 0.05) is 0 Å². The first kappa shape index (κ1) is 17.9. The predicted octanol–water partition coefficient (Wildman–Crippen LogP) is 2.31.